The molecule has 0 aromatic carbocycles. The van der Waals surface area contributed by atoms with E-state index in [4.69, 9.17) is 0 Å². The molecule has 184 valence electrons. The molecule has 5 nitrogen and oxygen atoms in total. The Hall–Kier alpha value is -1.92. The van der Waals surface area contributed by atoms with Gasteiger partial charge in [-0.2, -0.15) is 0 Å². The second-order valence-corrected chi connectivity index (χ2v) is 10.0. The quantitative estimate of drug-likeness (QED) is 0.535. The zero-order chi connectivity index (χ0) is 24.0. The number of aromatic nitrogens is 1. The number of rotatable bonds is 8. The topological polar surface area (TPSA) is 42.8 Å². The molecule has 3 heterocycles. The van der Waals surface area contributed by atoms with Gasteiger partial charge in [0, 0.05) is 44.5 Å². The van der Waals surface area contributed by atoms with Gasteiger partial charge in [0.25, 0.3) is 0 Å². The lowest BCUT2D eigenvalue weighted by molar-refractivity contribution is 0.0633. The van der Waals surface area contributed by atoms with Gasteiger partial charge in [-0.1, -0.05) is 25.8 Å². The molecule has 2 fully saturated rings. The monoisotopic (exact) mass is 458 g/mol. The van der Waals surface area contributed by atoms with Crippen LogP contribution in [0.1, 0.15) is 65.9 Å². The summed E-state index contributed by atoms with van der Waals surface area (Å²) in [6.45, 7) is 15.7. The standard InChI is InChI=1S/C27H43FN4O/c1-6-8-24-19-31(27-26(33)16-22(7-2)17-29-27)13-14-32(24)23-9-11-30(12-10-23)18-21(5)25(28)15-20(3)4/h15-17,23-24,33H,6-14,18-19H2,1-5H3/b25-21-. The van der Waals surface area contributed by atoms with Gasteiger partial charge in [0.1, 0.15) is 5.83 Å². The fourth-order valence-electron chi connectivity index (χ4n) is 5.25. The maximum Gasteiger partial charge on any atom is 0.171 e. The maximum absolute atomic E-state index is 14.3. The number of halogens is 1. The number of hydrogen-bond acceptors (Lipinski definition) is 5. The molecule has 0 spiro atoms. The van der Waals surface area contributed by atoms with E-state index in [0.717, 1.165) is 87.4 Å². The van der Waals surface area contributed by atoms with Crippen LogP contribution in [0.4, 0.5) is 10.2 Å². The number of likely N-dealkylation sites (tertiary alicyclic amines) is 1. The van der Waals surface area contributed by atoms with Crippen LogP contribution < -0.4 is 4.90 Å². The molecule has 2 aliphatic heterocycles. The van der Waals surface area contributed by atoms with Gasteiger partial charge in [0.15, 0.2) is 11.6 Å². The van der Waals surface area contributed by atoms with E-state index in [1.54, 1.807) is 6.08 Å². The summed E-state index contributed by atoms with van der Waals surface area (Å²) in [5, 5.41) is 10.5. The van der Waals surface area contributed by atoms with Crippen molar-refractivity contribution in [3.8, 4) is 5.75 Å². The van der Waals surface area contributed by atoms with Crippen molar-refractivity contribution in [1.82, 2.24) is 14.8 Å². The van der Waals surface area contributed by atoms with Gasteiger partial charge in [-0.05, 0) is 82.8 Å². The molecular formula is C27H43FN4O. The van der Waals surface area contributed by atoms with Crippen LogP contribution in [0.25, 0.3) is 0 Å². The molecule has 1 aromatic rings. The fraction of sp³-hybridized carbons (Fsp3) is 0.667. The Bertz CT molecular complexity index is 841. The van der Waals surface area contributed by atoms with Gasteiger partial charge in [-0.15, -0.1) is 0 Å². The van der Waals surface area contributed by atoms with E-state index in [1.165, 1.54) is 0 Å². The molecule has 2 aliphatic rings. The molecule has 33 heavy (non-hydrogen) atoms. The first-order valence-corrected chi connectivity index (χ1v) is 12.7. The third-order valence-corrected chi connectivity index (χ3v) is 7.07. The highest BCUT2D eigenvalue weighted by Crippen LogP contribution is 2.31. The number of allylic oxidation sites excluding steroid dienone is 3. The lowest BCUT2D eigenvalue weighted by Crippen LogP contribution is -2.58. The summed E-state index contributed by atoms with van der Waals surface area (Å²) in [5.74, 6) is 0.943. The Balaban J connectivity index is 1.60. The molecule has 0 saturated carbocycles. The fourth-order valence-corrected chi connectivity index (χ4v) is 5.25. The van der Waals surface area contributed by atoms with E-state index < -0.39 is 0 Å². The maximum atomic E-state index is 14.3. The van der Waals surface area contributed by atoms with Crippen LogP contribution in [0.2, 0.25) is 0 Å². The normalized spacial score (nSPS) is 21.8. The number of hydrogen-bond donors (Lipinski definition) is 1. The van der Waals surface area contributed by atoms with Crippen LogP contribution in [0.5, 0.6) is 5.75 Å². The van der Waals surface area contributed by atoms with Crippen molar-refractivity contribution in [2.24, 2.45) is 0 Å². The van der Waals surface area contributed by atoms with Crippen molar-refractivity contribution in [2.75, 3.05) is 44.2 Å². The lowest BCUT2D eigenvalue weighted by atomic mass is 9.97. The molecule has 1 unspecified atom stereocenters. The molecular weight excluding hydrogens is 415 g/mol. The number of anilines is 1. The smallest absolute Gasteiger partial charge is 0.171 e. The van der Waals surface area contributed by atoms with Crippen molar-refractivity contribution < 1.29 is 9.50 Å². The number of piperazine rings is 1. The SMILES string of the molecule is CCCC1CN(c2ncc(CC)cc2O)CCN1C1CCN(C/C(C)=C(\F)C=C(C)C)CC1. The van der Waals surface area contributed by atoms with Crippen LogP contribution in [0.3, 0.4) is 0 Å². The summed E-state index contributed by atoms with van der Waals surface area (Å²) < 4.78 is 14.3. The predicted octanol–water partition coefficient (Wildman–Crippen LogP) is 5.31. The third-order valence-electron chi connectivity index (χ3n) is 7.07. The van der Waals surface area contributed by atoms with Gasteiger partial charge in [0.2, 0.25) is 0 Å². The molecule has 0 radical (unpaired) electrons. The zero-order valence-electron chi connectivity index (χ0n) is 21.3. The molecule has 3 rings (SSSR count). The summed E-state index contributed by atoms with van der Waals surface area (Å²) in [5.41, 5.74) is 2.89. The first-order chi connectivity index (χ1) is 15.8. The Morgan fingerprint density at radius 3 is 2.48 bits per heavy atom. The van der Waals surface area contributed by atoms with E-state index >= 15 is 0 Å². The summed E-state index contributed by atoms with van der Waals surface area (Å²) >= 11 is 0. The van der Waals surface area contributed by atoms with Gasteiger partial charge in [-0.3, -0.25) is 9.80 Å². The van der Waals surface area contributed by atoms with E-state index in [-0.39, 0.29) is 5.83 Å². The van der Waals surface area contributed by atoms with Crippen molar-refractivity contribution in [1.29, 1.82) is 0 Å². The van der Waals surface area contributed by atoms with Crippen molar-refractivity contribution in [2.45, 2.75) is 78.8 Å². The number of pyridine rings is 1. The van der Waals surface area contributed by atoms with E-state index in [2.05, 4.69) is 33.5 Å². The second-order valence-electron chi connectivity index (χ2n) is 10.0. The first-order valence-electron chi connectivity index (χ1n) is 12.7. The number of piperidine rings is 1. The van der Waals surface area contributed by atoms with E-state index in [0.29, 0.717) is 24.4 Å². The van der Waals surface area contributed by atoms with Crippen LogP contribution in [0, 0.1) is 0 Å². The van der Waals surface area contributed by atoms with Crippen molar-refractivity contribution >= 4 is 5.82 Å². The Kier molecular flexibility index (Phi) is 9.33. The highest BCUT2D eigenvalue weighted by atomic mass is 19.1. The summed E-state index contributed by atoms with van der Waals surface area (Å²) in [6.07, 6.45) is 8.97. The highest BCUT2D eigenvalue weighted by Gasteiger charge is 2.34. The second kappa shape index (κ2) is 12.0. The lowest BCUT2D eigenvalue weighted by Gasteiger charge is -2.48. The minimum absolute atomic E-state index is 0.0833. The molecule has 2 saturated heterocycles. The van der Waals surface area contributed by atoms with Crippen LogP contribution in [0.15, 0.2) is 35.3 Å². The Morgan fingerprint density at radius 1 is 1.15 bits per heavy atom. The number of aryl methyl sites for hydroxylation is 1. The highest BCUT2D eigenvalue weighted by molar-refractivity contribution is 5.53. The van der Waals surface area contributed by atoms with Gasteiger partial charge < -0.3 is 10.0 Å². The Morgan fingerprint density at radius 2 is 1.88 bits per heavy atom. The minimum atomic E-state index is -0.0833. The first kappa shape index (κ1) is 25.7. The van der Waals surface area contributed by atoms with Gasteiger partial charge in [0.05, 0.1) is 0 Å². The summed E-state index contributed by atoms with van der Waals surface area (Å²) in [6, 6.07) is 2.91. The predicted molar refractivity (Wildman–Crippen MR) is 136 cm³/mol. The molecule has 0 bridgehead atoms. The Labute approximate surface area is 200 Å². The van der Waals surface area contributed by atoms with E-state index in [9.17, 15) is 9.50 Å². The molecule has 6 heteroatoms. The average molecular weight is 459 g/mol. The molecule has 0 aliphatic carbocycles. The van der Waals surface area contributed by atoms with Crippen LogP contribution in [-0.2, 0) is 6.42 Å². The van der Waals surface area contributed by atoms with Crippen LogP contribution >= 0.6 is 0 Å². The zero-order valence-corrected chi connectivity index (χ0v) is 21.3. The molecule has 0 amide bonds. The third kappa shape index (κ3) is 6.80. The summed E-state index contributed by atoms with van der Waals surface area (Å²) in [7, 11) is 0. The van der Waals surface area contributed by atoms with Gasteiger partial charge in [-0.25, -0.2) is 9.37 Å². The average Bonchev–Trinajstić information content (AvgIpc) is 2.79. The molecule has 1 atom stereocenters. The molecule has 1 aromatic heterocycles. The summed E-state index contributed by atoms with van der Waals surface area (Å²) in [4.78, 5) is 12.0. The largest absolute Gasteiger partial charge is 0.504 e. The molecule has 1 N–H and O–H groups in total. The minimum Gasteiger partial charge on any atom is -0.504 e. The number of aromatic hydroxyl groups is 1. The van der Waals surface area contributed by atoms with Crippen molar-refractivity contribution in [3.63, 3.8) is 0 Å². The number of nitrogens with zero attached hydrogens (tertiary/aromatic N) is 4. The van der Waals surface area contributed by atoms with Crippen LogP contribution in [-0.4, -0.2) is 71.2 Å². The van der Waals surface area contributed by atoms with Crippen molar-refractivity contribution in [3.05, 3.63) is 40.9 Å². The van der Waals surface area contributed by atoms with E-state index in [1.807, 2.05) is 33.0 Å². The van der Waals surface area contributed by atoms with Gasteiger partial charge >= 0.3 is 0 Å².